The van der Waals surface area contributed by atoms with Crippen molar-refractivity contribution in [3.63, 3.8) is 0 Å². The number of benzene rings is 1. The van der Waals surface area contributed by atoms with E-state index >= 15 is 0 Å². The van der Waals surface area contributed by atoms with Crippen LogP contribution in [-0.4, -0.2) is 36.6 Å². The summed E-state index contributed by atoms with van der Waals surface area (Å²) in [6, 6.07) is 14.7. The molecule has 2 aromatic rings. The fourth-order valence-corrected chi connectivity index (χ4v) is 1.07. The van der Waals surface area contributed by atoms with Gasteiger partial charge in [0, 0.05) is 43.0 Å². The molecule has 2 rings (SSSR count). The molecule has 0 aliphatic heterocycles. The summed E-state index contributed by atoms with van der Waals surface area (Å²) < 4.78 is 0. The van der Waals surface area contributed by atoms with Crippen LogP contribution in [0.5, 0.6) is 0 Å². The summed E-state index contributed by atoms with van der Waals surface area (Å²) in [4.78, 5) is 0. The third-order valence-corrected chi connectivity index (χ3v) is 1.55. The van der Waals surface area contributed by atoms with Gasteiger partial charge in [-0.1, -0.05) is 6.07 Å². The van der Waals surface area contributed by atoms with Crippen LogP contribution in [0.4, 0.5) is 0 Å². The second-order valence-corrected chi connectivity index (χ2v) is 2.15. The van der Waals surface area contributed by atoms with Gasteiger partial charge in [-0.15, -0.1) is 29.7 Å². The van der Waals surface area contributed by atoms with Crippen molar-refractivity contribution < 1.29 is 37.0 Å². The molecule has 0 saturated carbocycles. The smallest absolute Gasteiger partial charge is 0.0319 e. The molecule has 0 radical (unpaired) electrons. The third-order valence-electron chi connectivity index (χ3n) is 1.55. The number of fused-ring (bicyclic) bond motifs is 1. The standard InChI is InChI=1S/C9H7.3CH4O.Ti/c1-2-5-9-7-3-6-8(9)4-1;3*1-2;/h1-7H;3*2H,1H3;/q-1;;;;. The van der Waals surface area contributed by atoms with Crippen molar-refractivity contribution in [1.82, 2.24) is 0 Å². The van der Waals surface area contributed by atoms with E-state index in [1.165, 1.54) is 10.8 Å². The summed E-state index contributed by atoms with van der Waals surface area (Å²) in [5.41, 5.74) is 0. The number of aliphatic hydroxyl groups is 3. The Labute approximate surface area is 112 Å². The average Bonchev–Trinajstić information content (AvgIpc) is 2.85. The van der Waals surface area contributed by atoms with Crippen LogP contribution in [-0.2, 0) is 21.7 Å². The maximum Gasteiger partial charge on any atom is 0.0319 e. The Kier molecular flexibility index (Phi) is 21.9. The zero-order chi connectivity index (χ0) is 12.1. The van der Waals surface area contributed by atoms with Crippen molar-refractivity contribution in [3.8, 4) is 0 Å². The van der Waals surface area contributed by atoms with Gasteiger partial charge >= 0.3 is 0 Å². The SMILES string of the molecule is CO.CO.CO.[Ti].c1ccc2[cH-]ccc2c1. The van der Waals surface area contributed by atoms with Crippen molar-refractivity contribution in [2.24, 2.45) is 0 Å². The Hall–Kier alpha value is -0.576. The minimum absolute atomic E-state index is 0. The minimum atomic E-state index is 0. The van der Waals surface area contributed by atoms with Gasteiger partial charge in [0.05, 0.1) is 0 Å². The third kappa shape index (κ3) is 7.68. The first-order valence-electron chi connectivity index (χ1n) is 4.41. The quantitative estimate of drug-likeness (QED) is 0.495. The predicted molar refractivity (Wildman–Crippen MR) is 64.0 cm³/mol. The van der Waals surface area contributed by atoms with Gasteiger partial charge in [0.2, 0.25) is 0 Å². The van der Waals surface area contributed by atoms with Crippen LogP contribution in [0.15, 0.2) is 42.5 Å². The summed E-state index contributed by atoms with van der Waals surface area (Å²) >= 11 is 0. The second kappa shape index (κ2) is 16.8. The molecule has 0 spiro atoms. The Morgan fingerprint density at radius 3 is 1.81 bits per heavy atom. The molecule has 0 saturated heterocycles. The van der Waals surface area contributed by atoms with E-state index in [1.807, 2.05) is 0 Å². The Balaban J connectivity index is -0.000000214. The summed E-state index contributed by atoms with van der Waals surface area (Å²) in [7, 11) is 3.00. The van der Waals surface area contributed by atoms with E-state index in [4.69, 9.17) is 15.3 Å². The molecule has 0 fully saturated rings. The minimum Gasteiger partial charge on any atom is -0.400 e. The van der Waals surface area contributed by atoms with Gasteiger partial charge in [-0.3, -0.25) is 0 Å². The maximum absolute atomic E-state index is 7.00. The Bertz CT molecular complexity index is 290. The number of aliphatic hydroxyl groups excluding tert-OH is 3. The molecule has 0 amide bonds. The molecule has 0 aromatic heterocycles. The topological polar surface area (TPSA) is 60.7 Å². The van der Waals surface area contributed by atoms with Gasteiger partial charge in [-0.2, -0.15) is 17.5 Å². The molecule has 0 aliphatic carbocycles. The molecule has 4 heteroatoms. The number of hydrogen-bond donors (Lipinski definition) is 3. The molecule has 16 heavy (non-hydrogen) atoms. The molecule has 0 bridgehead atoms. The molecule has 90 valence electrons. The van der Waals surface area contributed by atoms with Crippen LogP contribution in [0.3, 0.4) is 0 Å². The van der Waals surface area contributed by atoms with Gasteiger partial charge in [0.25, 0.3) is 0 Å². The monoisotopic (exact) mass is 259 g/mol. The van der Waals surface area contributed by atoms with Gasteiger partial charge in [-0.05, 0) is 0 Å². The first-order chi connectivity index (χ1) is 7.47. The van der Waals surface area contributed by atoms with Gasteiger partial charge in [0.15, 0.2) is 0 Å². The zero-order valence-electron chi connectivity index (χ0n) is 9.88. The van der Waals surface area contributed by atoms with Crippen molar-refractivity contribution in [2.45, 2.75) is 0 Å². The molecular weight excluding hydrogens is 240 g/mol. The molecule has 3 N–H and O–H groups in total. The van der Waals surface area contributed by atoms with Crippen LogP contribution in [0, 0.1) is 0 Å². The first kappa shape index (κ1) is 20.8. The predicted octanol–water partition coefficient (Wildman–Crippen LogP) is 1.38. The van der Waals surface area contributed by atoms with Gasteiger partial charge < -0.3 is 15.3 Å². The normalized spacial score (nSPS) is 6.88. The molecule has 2 aromatic carbocycles. The van der Waals surface area contributed by atoms with Crippen molar-refractivity contribution in [1.29, 1.82) is 0 Å². The molecule has 0 aliphatic rings. The molecule has 0 atom stereocenters. The largest absolute Gasteiger partial charge is 0.400 e. The van der Waals surface area contributed by atoms with E-state index in [0.29, 0.717) is 0 Å². The van der Waals surface area contributed by atoms with Crippen LogP contribution in [0.2, 0.25) is 0 Å². The zero-order valence-corrected chi connectivity index (χ0v) is 11.4. The Morgan fingerprint density at radius 2 is 1.31 bits per heavy atom. The molecule has 3 nitrogen and oxygen atoms in total. The summed E-state index contributed by atoms with van der Waals surface area (Å²) in [6.45, 7) is 0. The average molecular weight is 259 g/mol. The summed E-state index contributed by atoms with van der Waals surface area (Å²) in [6.07, 6.45) is 0. The summed E-state index contributed by atoms with van der Waals surface area (Å²) in [5, 5.41) is 23.7. The van der Waals surface area contributed by atoms with Crippen molar-refractivity contribution in [3.05, 3.63) is 42.5 Å². The number of rotatable bonds is 0. The van der Waals surface area contributed by atoms with Crippen molar-refractivity contribution in [2.75, 3.05) is 21.3 Å². The molecular formula is C12H19O3Ti-. The molecule has 0 unspecified atom stereocenters. The van der Waals surface area contributed by atoms with Crippen molar-refractivity contribution >= 4 is 10.8 Å². The maximum atomic E-state index is 7.00. The van der Waals surface area contributed by atoms with E-state index in [2.05, 4.69) is 42.5 Å². The van der Waals surface area contributed by atoms with E-state index in [-0.39, 0.29) is 21.7 Å². The van der Waals surface area contributed by atoms with Crippen LogP contribution >= 0.6 is 0 Å². The number of hydrogen-bond acceptors (Lipinski definition) is 3. The van der Waals surface area contributed by atoms with Crippen LogP contribution in [0.1, 0.15) is 0 Å². The van der Waals surface area contributed by atoms with Crippen LogP contribution in [0.25, 0.3) is 10.8 Å². The first-order valence-corrected chi connectivity index (χ1v) is 4.41. The second-order valence-electron chi connectivity index (χ2n) is 2.15. The van der Waals surface area contributed by atoms with Gasteiger partial charge in [0.1, 0.15) is 0 Å². The Morgan fingerprint density at radius 1 is 0.812 bits per heavy atom. The van der Waals surface area contributed by atoms with Crippen LogP contribution < -0.4 is 0 Å². The van der Waals surface area contributed by atoms with Gasteiger partial charge in [-0.25, -0.2) is 0 Å². The van der Waals surface area contributed by atoms with E-state index in [1.54, 1.807) is 0 Å². The van der Waals surface area contributed by atoms with E-state index in [9.17, 15) is 0 Å². The van der Waals surface area contributed by atoms with E-state index in [0.717, 1.165) is 21.3 Å². The molecule has 0 heterocycles. The summed E-state index contributed by atoms with van der Waals surface area (Å²) in [5.74, 6) is 0. The fourth-order valence-electron chi connectivity index (χ4n) is 1.07. The van der Waals surface area contributed by atoms with E-state index < -0.39 is 0 Å². The fraction of sp³-hybridized carbons (Fsp3) is 0.250.